The molecule has 3 N–H and O–H groups in total. The van der Waals surface area contributed by atoms with Crippen LogP contribution in [-0.4, -0.2) is 11.1 Å². The van der Waals surface area contributed by atoms with Crippen LogP contribution in [0.15, 0.2) is 22.7 Å². The minimum atomic E-state index is -0.826. The fraction of sp³-hybridized carbons (Fsp3) is 0.455. The second kappa shape index (κ2) is 5.05. The molecule has 2 atom stereocenters. The minimum Gasteiger partial charge on any atom is -0.387 e. The summed E-state index contributed by atoms with van der Waals surface area (Å²) in [5.41, 5.74) is 6.31. The molecule has 0 amide bonds. The average molecular weight is 276 g/mol. The van der Waals surface area contributed by atoms with E-state index in [9.17, 15) is 9.50 Å². The van der Waals surface area contributed by atoms with Gasteiger partial charge >= 0.3 is 0 Å². The van der Waals surface area contributed by atoms with Crippen LogP contribution < -0.4 is 5.73 Å². The molecule has 0 saturated carbocycles. The zero-order chi connectivity index (χ0) is 11.6. The maximum absolute atomic E-state index is 13.2. The summed E-state index contributed by atoms with van der Waals surface area (Å²) in [5, 5.41) is 9.87. The first kappa shape index (κ1) is 12.6. The van der Waals surface area contributed by atoms with E-state index in [0.29, 0.717) is 10.0 Å². The largest absolute Gasteiger partial charge is 0.387 e. The lowest BCUT2D eigenvalue weighted by Gasteiger charge is -2.22. The van der Waals surface area contributed by atoms with Crippen molar-refractivity contribution in [3.05, 3.63) is 34.1 Å². The summed E-state index contributed by atoms with van der Waals surface area (Å²) in [6, 6.07) is 4.16. The van der Waals surface area contributed by atoms with Crippen LogP contribution in [0.2, 0.25) is 0 Å². The van der Waals surface area contributed by atoms with Crippen molar-refractivity contribution in [1.82, 2.24) is 0 Å². The van der Waals surface area contributed by atoms with Crippen molar-refractivity contribution in [1.29, 1.82) is 0 Å². The zero-order valence-electron chi connectivity index (χ0n) is 8.74. The Balaban J connectivity index is 2.91. The quantitative estimate of drug-likeness (QED) is 0.891. The van der Waals surface area contributed by atoms with Crippen LogP contribution in [0.1, 0.15) is 25.5 Å². The van der Waals surface area contributed by atoms with Crippen LogP contribution >= 0.6 is 15.9 Å². The van der Waals surface area contributed by atoms with Gasteiger partial charge in [-0.25, -0.2) is 4.39 Å². The highest BCUT2D eigenvalue weighted by Gasteiger charge is 2.20. The number of nitrogens with two attached hydrogens (primary N) is 1. The van der Waals surface area contributed by atoms with Gasteiger partial charge < -0.3 is 10.8 Å². The van der Waals surface area contributed by atoms with Gasteiger partial charge in [-0.1, -0.05) is 19.9 Å². The van der Waals surface area contributed by atoms with Crippen molar-refractivity contribution in [2.45, 2.75) is 26.0 Å². The first-order valence-electron chi connectivity index (χ1n) is 4.82. The van der Waals surface area contributed by atoms with Crippen molar-refractivity contribution >= 4 is 15.9 Å². The fourth-order valence-electron chi connectivity index (χ4n) is 1.28. The second-order valence-electron chi connectivity index (χ2n) is 3.94. The number of hydrogen-bond donors (Lipinski definition) is 2. The first-order valence-corrected chi connectivity index (χ1v) is 5.61. The number of aliphatic hydroxyl groups excluding tert-OH is 1. The topological polar surface area (TPSA) is 46.2 Å². The predicted octanol–water partition coefficient (Wildman–Crippen LogP) is 2.60. The van der Waals surface area contributed by atoms with Gasteiger partial charge in [-0.3, -0.25) is 0 Å². The summed E-state index contributed by atoms with van der Waals surface area (Å²) in [7, 11) is 0. The van der Waals surface area contributed by atoms with E-state index in [1.807, 2.05) is 13.8 Å². The highest BCUT2D eigenvalue weighted by atomic mass is 79.9. The van der Waals surface area contributed by atoms with Gasteiger partial charge in [0.1, 0.15) is 5.82 Å². The van der Waals surface area contributed by atoms with E-state index in [0.717, 1.165) is 0 Å². The van der Waals surface area contributed by atoms with E-state index >= 15 is 0 Å². The van der Waals surface area contributed by atoms with Gasteiger partial charge in [0.05, 0.1) is 10.6 Å². The molecule has 0 aliphatic rings. The molecule has 1 aromatic carbocycles. The molecule has 2 nitrogen and oxygen atoms in total. The Morgan fingerprint density at radius 3 is 2.47 bits per heavy atom. The third kappa shape index (κ3) is 3.00. The van der Waals surface area contributed by atoms with Crippen molar-refractivity contribution in [3.8, 4) is 0 Å². The predicted molar refractivity (Wildman–Crippen MR) is 61.9 cm³/mol. The van der Waals surface area contributed by atoms with Crippen LogP contribution in [0.4, 0.5) is 4.39 Å². The smallest absolute Gasteiger partial charge is 0.137 e. The van der Waals surface area contributed by atoms with Crippen LogP contribution in [-0.2, 0) is 0 Å². The first-order chi connectivity index (χ1) is 6.93. The molecule has 0 heterocycles. The summed E-state index contributed by atoms with van der Waals surface area (Å²) in [4.78, 5) is 0. The molecule has 0 radical (unpaired) electrons. The fourth-order valence-corrected chi connectivity index (χ4v) is 1.53. The maximum Gasteiger partial charge on any atom is 0.137 e. The van der Waals surface area contributed by atoms with E-state index < -0.39 is 6.10 Å². The molecule has 0 aliphatic heterocycles. The minimum absolute atomic E-state index is 0.145. The molecule has 0 saturated heterocycles. The van der Waals surface area contributed by atoms with Crippen molar-refractivity contribution in [2.75, 3.05) is 0 Å². The molecule has 1 rings (SSSR count). The van der Waals surface area contributed by atoms with Gasteiger partial charge in [0.25, 0.3) is 0 Å². The molecule has 1 aromatic rings. The molecule has 0 spiro atoms. The Labute approximate surface area is 97.4 Å². The van der Waals surface area contributed by atoms with Crippen molar-refractivity contribution in [3.63, 3.8) is 0 Å². The average Bonchev–Trinajstić information content (AvgIpc) is 2.19. The third-order valence-corrected chi connectivity index (χ3v) is 3.06. The highest BCUT2D eigenvalue weighted by molar-refractivity contribution is 9.10. The van der Waals surface area contributed by atoms with Crippen molar-refractivity contribution < 1.29 is 9.50 Å². The van der Waals surface area contributed by atoms with Crippen LogP contribution in [0.3, 0.4) is 0 Å². The molecule has 0 bridgehead atoms. The Morgan fingerprint density at radius 1 is 1.40 bits per heavy atom. The zero-order valence-corrected chi connectivity index (χ0v) is 10.3. The number of benzene rings is 1. The van der Waals surface area contributed by atoms with E-state index in [1.165, 1.54) is 6.07 Å². The number of rotatable bonds is 3. The van der Waals surface area contributed by atoms with Crippen LogP contribution in [0.5, 0.6) is 0 Å². The maximum atomic E-state index is 13.2. The SMILES string of the molecule is CC(C)C(N)C(O)c1ccc(Br)c(F)c1. The molecular weight excluding hydrogens is 261 g/mol. The van der Waals surface area contributed by atoms with Gasteiger partial charge in [0, 0.05) is 6.04 Å². The lowest BCUT2D eigenvalue weighted by atomic mass is 9.94. The summed E-state index contributed by atoms with van der Waals surface area (Å²) < 4.78 is 13.6. The molecule has 0 aliphatic carbocycles. The number of hydrogen-bond acceptors (Lipinski definition) is 2. The standard InChI is InChI=1S/C11H15BrFNO/c1-6(2)10(14)11(15)7-3-4-8(12)9(13)5-7/h3-6,10-11,15H,14H2,1-2H3. The van der Waals surface area contributed by atoms with E-state index in [2.05, 4.69) is 15.9 Å². The van der Waals surface area contributed by atoms with E-state index in [1.54, 1.807) is 12.1 Å². The Morgan fingerprint density at radius 2 is 2.00 bits per heavy atom. The molecule has 15 heavy (non-hydrogen) atoms. The van der Waals surface area contributed by atoms with Crippen LogP contribution in [0, 0.1) is 11.7 Å². The van der Waals surface area contributed by atoms with Crippen molar-refractivity contribution in [2.24, 2.45) is 11.7 Å². The molecule has 0 fully saturated rings. The molecule has 84 valence electrons. The normalized spacial score (nSPS) is 15.4. The van der Waals surface area contributed by atoms with Gasteiger partial charge in [-0.05, 0) is 39.5 Å². The Bertz CT molecular complexity index is 343. The lowest BCUT2D eigenvalue weighted by molar-refractivity contribution is 0.125. The molecular formula is C11H15BrFNO. The number of halogens is 2. The van der Waals surface area contributed by atoms with Gasteiger partial charge in [0.15, 0.2) is 0 Å². The summed E-state index contributed by atoms with van der Waals surface area (Å²) >= 11 is 3.06. The van der Waals surface area contributed by atoms with Gasteiger partial charge in [-0.2, -0.15) is 0 Å². The van der Waals surface area contributed by atoms with Gasteiger partial charge in [-0.15, -0.1) is 0 Å². The third-order valence-electron chi connectivity index (χ3n) is 2.42. The Kier molecular flexibility index (Phi) is 4.25. The molecule has 2 unspecified atom stereocenters. The van der Waals surface area contributed by atoms with Gasteiger partial charge in [0.2, 0.25) is 0 Å². The lowest BCUT2D eigenvalue weighted by Crippen LogP contribution is -2.33. The molecule has 4 heteroatoms. The summed E-state index contributed by atoms with van der Waals surface area (Å²) in [6.45, 7) is 3.84. The monoisotopic (exact) mass is 275 g/mol. The summed E-state index contributed by atoms with van der Waals surface area (Å²) in [6.07, 6.45) is -0.826. The summed E-state index contributed by atoms with van der Waals surface area (Å²) in [5.74, 6) is -0.241. The van der Waals surface area contributed by atoms with E-state index in [-0.39, 0.29) is 17.8 Å². The molecule has 0 aromatic heterocycles. The second-order valence-corrected chi connectivity index (χ2v) is 4.79. The number of aliphatic hydroxyl groups is 1. The highest BCUT2D eigenvalue weighted by Crippen LogP contribution is 2.24. The van der Waals surface area contributed by atoms with Crippen LogP contribution in [0.25, 0.3) is 0 Å². The Hall–Kier alpha value is -0.450. The van der Waals surface area contributed by atoms with E-state index in [4.69, 9.17) is 5.73 Å².